The molecule has 2 rings (SSSR count). The largest absolute Gasteiger partial charge is 0.506 e. The first-order chi connectivity index (χ1) is 9.20. The third-order valence-corrected chi connectivity index (χ3v) is 2.80. The number of hydrogen-bond donors (Lipinski definition) is 2. The second kappa shape index (κ2) is 5.94. The molecule has 0 atom stereocenters. The van der Waals surface area contributed by atoms with Crippen LogP contribution in [0.25, 0.3) is 5.57 Å². The van der Waals surface area contributed by atoms with E-state index in [0.29, 0.717) is 16.3 Å². The number of aromatic hydroxyl groups is 1. The van der Waals surface area contributed by atoms with E-state index < -0.39 is 0 Å². The first kappa shape index (κ1) is 13.0. The molecule has 0 bridgehead atoms. The van der Waals surface area contributed by atoms with Crippen LogP contribution < -0.4 is 5.32 Å². The van der Waals surface area contributed by atoms with Gasteiger partial charge in [0.2, 0.25) is 0 Å². The summed E-state index contributed by atoms with van der Waals surface area (Å²) < 4.78 is 0. The van der Waals surface area contributed by atoms with Crippen molar-refractivity contribution in [2.75, 3.05) is 5.32 Å². The van der Waals surface area contributed by atoms with Gasteiger partial charge in [-0.1, -0.05) is 35.9 Å². The number of benzene rings is 2. The maximum Gasteiger partial charge on any atom is 0.139 e. The van der Waals surface area contributed by atoms with Crippen molar-refractivity contribution in [1.82, 2.24) is 0 Å². The molecule has 3 nitrogen and oxygen atoms in total. The van der Waals surface area contributed by atoms with E-state index in [-0.39, 0.29) is 5.75 Å². The summed E-state index contributed by atoms with van der Waals surface area (Å²) >= 11 is 5.80. The number of allylic oxidation sites excluding steroid dienone is 1. The van der Waals surface area contributed by atoms with Crippen LogP contribution in [0, 0.1) is 11.3 Å². The zero-order valence-electron chi connectivity index (χ0n) is 9.97. The fraction of sp³-hybridized carbons (Fsp3) is 0. The molecule has 0 aliphatic rings. The van der Waals surface area contributed by atoms with Crippen LogP contribution in [-0.2, 0) is 0 Å². The molecule has 0 fully saturated rings. The third-order valence-electron chi connectivity index (χ3n) is 2.55. The minimum absolute atomic E-state index is 0.132. The standard InChI is InChI=1S/C15H11ClN2O/c16-13-7-5-11(6-8-13)12(9-17)10-18-14-3-1-2-4-15(14)19/h1-8,10,18-19H/b12-10+. The molecule has 0 saturated heterocycles. The summed E-state index contributed by atoms with van der Waals surface area (Å²) in [7, 11) is 0. The Hall–Kier alpha value is -2.44. The van der Waals surface area contributed by atoms with Crippen molar-refractivity contribution in [3.8, 4) is 11.8 Å². The van der Waals surface area contributed by atoms with Crippen molar-refractivity contribution in [1.29, 1.82) is 5.26 Å². The molecule has 4 heteroatoms. The molecule has 2 aromatic rings. The Labute approximate surface area is 116 Å². The highest BCUT2D eigenvalue weighted by molar-refractivity contribution is 6.30. The van der Waals surface area contributed by atoms with Crippen molar-refractivity contribution < 1.29 is 5.11 Å². The molecule has 0 radical (unpaired) electrons. The van der Waals surface area contributed by atoms with Gasteiger partial charge in [0, 0.05) is 11.2 Å². The molecule has 2 aromatic carbocycles. The van der Waals surface area contributed by atoms with Crippen molar-refractivity contribution in [3.05, 3.63) is 65.3 Å². The molecule has 0 amide bonds. The molecule has 0 saturated carbocycles. The zero-order valence-corrected chi connectivity index (χ0v) is 10.7. The Morgan fingerprint density at radius 1 is 1.16 bits per heavy atom. The topological polar surface area (TPSA) is 56.0 Å². The number of rotatable bonds is 3. The van der Waals surface area contributed by atoms with E-state index in [1.165, 1.54) is 0 Å². The van der Waals surface area contributed by atoms with Gasteiger partial charge < -0.3 is 10.4 Å². The second-order valence-electron chi connectivity index (χ2n) is 3.84. The number of phenols is 1. The highest BCUT2D eigenvalue weighted by Gasteiger charge is 2.01. The predicted molar refractivity (Wildman–Crippen MR) is 76.8 cm³/mol. The van der Waals surface area contributed by atoms with Gasteiger partial charge >= 0.3 is 0 Å². The molecular weight excluding hydrogens is 260 g/mol. The first-order valence-corrected chi connectivity index (χ1v) is 5.99. The molecule has 0 aliphatic heterocycles. The molecule has 0 heterocycles. The van der Waals surface area contributed by atoms with Crippen LogP contribution in [0.2, 0.25) is 5.02 Å². The Balaban J connectivity index is 2.23. The minimum atomic E-state index is 0.132. The van der Waals surface area contributed by atoms with Gasteiger partial charge in [0.1, 0.15) is 11.8 Å². The van der Waals surface area contributed by atoms with Gasteiger partial charge in [-0.2, -0.15) is 5.26 Å². The molecule has 0 unspecified atom stereocenters. The molecule has 0 spiro atoms. The van der Waals surface area contributed by atoms with Gasteiger partial charge in [-0.3, -0.25) is 0 Å². The summed E-state index contributed by atoms with van der Waals surface area (Å²) in [5.41, 5.74) is 1.76. The van der Waals surface area contributed by atoms with Crippen LogP contribution in [0.3, 0.4) is 0 Å². The van der Waals surface area contributed by atoms with E-state index in [1.807, 2.05) is 0 Å². The second-order valence-corrected chi connectivity index (χ2v) is 4.27. The highest BCUT2D eigenvalue weighted by atomic mass is 35.5. The van der Waals surface area contributed by atoms with Crippen LogP contribution in [0.1, 0.15) is 5.56 Å². The molecule has 0 aromatic heterocycles. The maximum atomic E-state index is 9.61. The lowest BCUT2D eigenvalue weighted by Crippen LogP contribution is -1.91. The maximum absolute atomic E-state index is 9.61. The summed E-state index contributed by atoms with van der Waals surface area (Å²) in [6, 6.07) is 15.9. The first-order valence-electron chi connectivity index (χ1n) is 5.61. The van der Waals surface area contributed by atoms with Crippen LogP contribution in [-0.4, -0.2) is 5.11 Å². The van der Waals surface area contributed by atoms with Crippen LogP contribution >= 0.6 is 11.6 Å². The number of hydrogen-bond acceptors (Lipinski definition) is 3. The van der Waals surface area contributed by atoms with Gasteiger partial charge in [-0.25, -0.2) is 0 Å². The number of para-hydroxylation sites is 2. The smallest absolute Gasteiger partial charge is 0.139 e. The predicted octanol–water partition coefficient (Wildman–Crippen LogP) is 4.02. The van der Waals surface area contributed by atoms with Crippen molar-refractivity contribution in [2.45, 2.75) is 0 Å². The Morgan fingerprint density at radius 2 is 1.84 bits per heavy atom. The molecule has 94 valence electrons. The average Bonchev–Trinajstić information content (AvgIpc) is 2.43. The Morgan fingerprint density at radius 3 is 2.47 bits per heavy atom. The van der Waals surface area contributed by atoms with Crippen LogP contribution in [0.4, 0.5) is 5.69 Å². The van der Waals surface area contributed by atoms with Crippen molar-refractivity contribution in [3.63, 3.8) is 0 Å². The third kappa shape index (κ3) is 3.27. The van der Waals surface area contributed by atoms with Crippen molar-refractivity contribution in [2.24, 2.45) is 0 Å². The van der Waals surface area contributed by atoms with E-state index in [0.717, 1.165) is 5.56 Å². The van der Waals surface area contributed by atoms with Gasteiger partial charge in [0.15, 0.2) is 0 Å². The van der Waals surface area contributed by atoms with Crippen molar-refractivity contribution >= 4 is 22.9 Å². The summed E-state index contributed by atoms with van der Waals surface area (Å²) in [5.74, 6) is 0.132. The fourth-order valence-corrected chi connectivity index (χ4v) is 1.68. The van der Waals surface area contributed by atoms with Gasteiger partial charge in [-0.05, 0) is 29.8 Å². The molecule has 2 N–H and O–H groups in total. The zero-order chi connectivity index (χ0) is 13.7. The number of halogens is 1. The van der Waals surface area contributed by atoms with Crippen LogP contribution in [0.15, 0.2) is 54.7 Å². The Kier molecular flexibility index (Phi) is 4.07. The van der Waals surface area contributed by atoms with Crippen LogP contribution in [0.5, 0.6) is 5.75 Å². The lowest BCUT2D eigenvalue weighted by Gasteiger charge is -2.05. The molecule has 19 heavy (non-hydrogen) atoms. The minimum Gasteiger partial charge on any atom is -0.506 e. The number of nitrogens with one attached hydrogen (secondary N) is 1. The van der Waals surface area contributed by atoms with E-state index in [4.69, 9.17) is 16.9 Å². The van der Waals surface area contributed by atoms with Gasteiger partial charge in [0.25, 0.3) is 0 Å². The highest BCUT2D eigenvalue weighted by Crippen LogP contribution is 2.23. The SMILES string of the molecule is N#C/C(=C\Nc1ccccc1O)c1ccc(Cl)cc1. The number of phenolic OH excluding ortho intramolecular Hbond substituents is 1. The van der Waals surface area contributed by atoms with E-state index >= 15 is 0 Å². The quantitative estimate of drug-likeness (QED) is 0.654. The number of nitrogens with zero attached hydrogens (tertiary/aromatic N) is 1. The van der Waals surface area contributed by atoms with E-state index in [1.54, 1.807) is 54.7 Å². The summed E-state index contributed by atoms with van der Waals surface area (Å²) in [5, 5.41) is 22.3. The average molecular weight is 271 g/mol. The lowest BCUT2D eigenvalue weighted by molar-refractivity contribution is 0.478. The molecule has 0 aliphatic carbocycles. The van der Waals surface area contributed by atoms with E-state index in [9.17, 15) is 5.11 Å². The normalized spacial score (nSPS) is 10.8. The summed E-state index contributed by atoms with van der Waals surface area (Å²) in [6.45, 7) is 0. The van der Waals surface area contributed by atoms with Gasteiger partial charge in [-0.15, -0.1) is 0 Å². The summed E-state index contributed by atoms with van der Waals surface area (Å²) in [4.78, 5) is 0. The summed E-state index contributed by atoms with van der Waals surface area (Å²) in [6.07, 6.45) is 1.55. The number of nitriles is 1. The molecular formula is C15H11ClN2O. The monoisotopic (exact) mass is 270 g/mol. The lowest BCUT2D eigenvalue weighted by atomic mass is 10.1. The van der Waals surface area contributed by atoms with Gasteiger partial charge in [0.05, 0.1) is 11.3 Å². The van der Waals surface area contributed by atoms with E-state index in [2.05, 4.69) is 11.4 Å². The number of anilines is 1. The Bertz CT molecular complexity index is 642. The fourth-order valence-electron chi connectivity index (χ4n) is 1.56.